The van der Waals surface area contributed by atoms with Crippen LogP contribution >= 0.6 is 0 Å². The number of nitrogens with zero attached hydrogens (tertiary/aromatic N) is 1. The van der Waals surface area contributed by atoms with Crippen molar-refractivity contribution in [3.05, 3.63) is 23.9 Å². The minimum Gasteiger partial charge on any atom is -0.380 e. The van der Waals surface area contributed by atoms with E-state index in [-0.39, 0.29) is 17.7 Å². The van der Waals surface area contributed by atoms with Crippen LogP contribution in [0.25, 0.3) is 0 Å². The molecule has 0 bridgehead atoms. The van der Waals surface area contributed by atoms with Crippen LogP contribution in [0.5, 0.6) is 0 Å². The summed E-state index contributed by atoms with van der Waals surface area (Å²) in [5.41, 5.74) is 0.950. The zero-order chi connectivity index (χ0) is 14.3. The Morgan fingerprint density at radius 2 is 2.16 bits per heavy atom. The van der Waals surface area contributed by atoms with Crippen LogP contribution in [0.2, 0.25) is 0 Å². The minimum atomic E-state index is -3.56. The highest BCUT2D eigenvalue weighted by molar-refractivity contribution is 7.89. The molecule has 6 nitrogen and oxygen atoms in total. The van der Waals surface area contributed by atoms with E-state index in [4.69, 9.17) is 4.74 Å². The van der Waals surface area contributed by atoms with Gasteiger partial charge >= 0.3 is 0 Å². The molecule has 0 spiro atoms. The maximum Gasteiger partial charge on any atom is 0.258 e. The number of ether oxygens (including phenoxy) is 1. The van der Waals surface area contributed by atoms with Gasteiger partial charge in [-0.2, -0.15) is 0 Å². The molecule has 0 aliphatic carbocycles. The predicted molar refractivity (Wildman–Crippen MR) is 73.3 cm³/mol. The number of aromatic nitrogens is 1. The second-order valence-electron chi connectivity index (χ2n) is 4.18. The molecule has 19 heavy (non-hydrogen) atoms. The highest BCUT2D eigenvalue weighted by Gasteiger charge is 2.16. The van der Waals surface area contributed by atoms with Crippen LogP contribution in [-0.4, -0.2) is 39.7 Å². The summed E-state index contributed by atoms with van der Waals surface area (Å²) in [4.78, 5) is 3.98. The molecule has 1 atom stereocenters. The van der Waals surface area contributed by atoms with Gasteiger partial charge in [0.15, 0.2) is 5.03 Å². The summed E-state index contributed by atoms with van der Waals surface area (Å²) in [5.74, 6) is 0. The molecule has 0 saturated carbocycles. The van der Waals surface area contributed by atoms with E-state index in [0.29, 0.717) is 6.54 Å². The Hall–Kier alpha value is -1.02. The Morgan fingerprint density at radius 3 is 2.68 bits per heavy atom. The van der Waals surface area contributed by atoms with Crippen molar-refractivity contribution in [3.8, 4) is 0 Å². The normalized spacial score (nSPS) is 13.4. The standard InChI is InChI=1S/C12H21N3O3S/c1-4-13-8-11-5-6-12(14-9-11)19(16,17)15-7-10(2)18-3/h5-6,9-10,13,15H,4,7-8H2,1-3H3. The third kappa shape index (κ3) is 5.23. The van der Waals surface area contributed by atoms with E-state index in [1.807, 2.05) is 6.92 Å². The largest absolute Gasteiger partial charge is 0.380 e. The summed E-state index contributed by atoms with van der Waals surface area (Å²) in [6, 6.07) is 3.26. The lowest BCUT2D eigenvalue weighted by molar-refractivity contribution is 0.122. The summed E-state index contributed by atoms with van der Waals surface area (Å²) < 4.78 is 31.3. The van der Waals surface area contributed by atoms with Gasteiger partial charge in [-0.25, -0.2) is 18.1 Å². The molecule has 0 radical (unpaired) electrons. The molecule has 0 fully saturated rings. The third-order valence-corrected chi connectivity index (χ3v) is 3.95. The lowest BCUT2D eigenvalue weighted by Crippen LogP contribution is -2.32. The fraction of sp³-hybridized carbons (Fsp3) is 0.583. The summed E-state index contributed by atoms with van der Waals surface area (Å²) in [5, 5.41) is 3.17. The van der Waals surface area contributed by atoms with E-state index in [1.165, 1.54) is 13.2 Å². The number of nitrogens with one attached hydrogen (secondary N) is 2. The van der Waals surface area contributed by atoms with Crippen LogP contribution in [-0.2, 0) is 21.3 Å². The van der Waals surface area contributed by atoms with Crippen molar-refractivity contribution in [2.75, 3.05) is 20.2 Å². The van der Waals surface area contributed by atoms with Crippen molar-refractivity contribution in [2.45, 2.75) is 31.5 Å². The molecule has 0 aliphatic rings. The Kier molecular flexibility index (Phi) is 6.36. The molecule has 0 aliphatic heterocycles. The Balaban J connectivity index is 2.68. The van der Waals surface area contributed by atoms with Crippen molar-refractivity contribution in [1.29, 1.82) is 0 Å². The fourth-order valence-electron chi connectivity index (χ4n) is 1.33. The molecule has 7 heteroatoms. The van der Waals surface area contributed by atoms with Crippen LogP contribution in [0.4, 0.5) is 0 Å². The average Bonchev–Trinajstić information content (AvgIpc) is 2.43. The fourth-order valence-corrected chi connectivity index (χ4v) is 2.37. The first-order valence-electron chi connectivity index (χ1n) is 6.17. The lowest BCUT2D eigenvalue weighted by Gasteiger charge is -2.11. The maximum absolute atomic E-state index is 11.9. The molecular weight excluding hydrogens is 266 g/mol. The van der Waals surface area contributed by atoms with Gasteiger partial charge in [-0.05, 0) is 25.1 Å². The molecule has 1 rings (SSSR count). The Labute approximate surface area is 114 Å². The highest BCUT2D eigenvalue weighted by Crippen LogP contribution is 2.06. The van der Waals surface area contributed by atoms with E-state index in [0.717, 1.165) is 12.1 Å². The predicted octanol–water partition coefficient (Wildman–Crippen LogP) is 0.504. The van der Waals surface area contributed by atoms with Gasteiger partial charge in [-0.1, -0.05) is 13.0 Å². The average molecular weight is 287 g/mol. The highest BCUT2D eigenvalue weighted by atomic mass is 32.2. The molecule has 0 aromatic carbocycles. The number of pyridine rings is 1. The van der Waals surface area contributed by atoms with Crippen LogP contribution in [0, 0.1) is 0 Å². The zero-order valence-electron chi connectivity index (χ0n) is 11.5. The van der Waals surface area contributed by atoms with Gasteiger partial charge in [0, 0.05) is 26.4 Å². The van der Waals surface area contributed by atoms with Crippen LogP contribution in [0.15, 0.2) is 23.4 Å². The van der Waals surface area contributed by atoms with Crippen LogP contribution < -0.4 is 10.0 Å². The van der Waals surface area contributed by atoms with Crippen molar-refractivity contribution >= 4 is 10.0 Å². The van der Waals surface area contributed by atoms with E-state index in [9.17, 15) is 8.42 Å². The number of methoxy groups -OCH3 is 1. The van der Waals surface area contributed by atoms with Crippen molar-refractivity contribution in [3.63, 3.8) is 0 Å². The Bertz CT molecular complexity index is 473. The second-order valence-corrected chi connectivity index (χ2v) is 5.90. The molecular formula is C12H21N3O3S. The molecule has 0 saturated heterocycles. The second kappa shape index (κ2) is 7.54. The SMILES string of the molecule is CCNCc1ccc(S(=O)(=O)NCC(C)OC)nc1. The van der Waals surface area contributed by atoms with E-state index in [2.05, 4.69) is 15.0 Å². The summed E-state index contributed by atoms with van der Waals surface area (Å²) in [7, 11) is -2.03. The minimum absolute atomic E-state index is 0.0241. The van der Waals surface area contributed by atoms with Gasteiger partial charge < -0.3 is 10.1 Å². The number of hydrogen-bond donors (Lipinski definition) is 2. The number of rotatable bonds is 8. The summed E-state index contributed by atoms with van der Waals surface area (Å²) >= 11 is 0. The summed E-state index contributed by atoms with van der Waals surface area (Å²) in [6.07, 6.45) is 1.39. The lowest BCUT2D eigenvalue weighted by atomic mass is 10.3. The first-order valence-corrected chi connectivity index (χ1v) is 7.66. The topological polar surface area (TPSA) is 80.3 Å². The van der Waals surface area contributed by atoms with E-state index < -0.39 is 10.0 Å². The molecule has 1 heterocycles. The van der Waals surface area contributed by atoms with Crippen molar-refractivity contribution in [2.24, 2.45) is 0 Å². The summed E-state index contributed by atoms with van der Waals surface area (Å²) in [6.45, 7) is 5.55. The molecule has 0 amide bonds. The van der Waals surface area contributed by atoms with Crippen molar-refractivity contribution in [1.82, 2.24) is 15.0 Å². The van der Waals surface area contributed by atoms with E-state index >= 15 is 0 Å². The monoisotopic (exact) mass is 287 g/mol. The third-order valence-electron chi connectivity index (χ3n) is 2.62. The maximum atomic E-state index is 11.9. The molecule has 2 N–H and O–H groups in total. The van der Waals surface area contributed by atoms with Gasteiger partial charge in [-0.3, -0.25) is 0 Å². The number of hydrogen-bond acceptors (Lipinski definition) is 5. The first kappa shape index (κ1) is 16.0. The molecule has 1 aromatic rings. The van der Waals surface area contributed by atoms with E-state index in [1.54, 1.807) is 19.2 Å². The molecule has 1 unspecified atom stereocenters. The zero-order valence-corrected chi connectivity index (χ0v) is 12.3. The first-order chi connectivity index (χ1) is 8.99. The Morgan fingerprint density at radius 1 is 1.42 bits per heavy atom. The van der Waals surface area contributed by atoms with Gasteiger partial charge in [-0.15, -0.1) is 0 Å². The number of sulfonamides is 1. The van der Waals surface area contributed by atoms with Gasteiger partial charge in [0.25, 0.3) is 10.0 Å². The van der Waals surface area contributed by atoms with Crippen molar-refractivity contribution < 1.29 is 13.2 Å². The quantitative estimate of drug-likeness (QED) is 0.728. The molecule has 1 aromatic heterocycles. The van der Waals surface area contributed by atoms with Gasteiger partial charge in [0.05, 0.1) is 6.10 Å². The van der Waals surface area contributed by atoms with Crippen LogP contribution in [0.1, 0.15) is 19.4 Å². The van der Waals surface area contributed by atoms with Gasteiger partial charge in [0.2, 0.25) is 0 Å². The van der Waals surface area contributed by atoms with Crippen LogP contribution in [0.3, 0.4) is 0 Å². The molecule has 108 valence electrons. The smallest absolute Gasteiger partial charge is 0.258 e. The van der Waals surface area contributed by atoms with Gasteiger partial charge in [0.1, 0.15) is 0 Å².